The summed E-state index contributed by atoms with van der Waals surface area (Å²) in [7, 11) is 0. The number of pyridine rings is 1. The summed E-state index contributed by atoms with van der Waals surface area (Å²) in [6.45, 7) is 3.34. The number of rotatable bonds is 5. The summed E-state index contributed by atoms with van der Waals surface area (Å²) in [4.78, 5) is 15.6. The molecule has 0 bridgehead atoms. The summed E-state index contributed by atoms with van der Waals surface area (Å²) >= 11 is 0. The fraction of sp³-hybridized carbons (Fsp3) is 0.455. The number of fused-ring (bicyclic) bond motifs is 1. The zero-order chi connectivity index (χ0) is 12.3. The quantitative estimate of drug-likeness (QED) is 0.762. The summed E-state index contributed by atoms with van der Waals surface area (Å²) in [5.74, 6) is -0.491. The van der Waals surface area contributed by atoms with Crippen LogP contribution in [0.1, 0.15) is 6.92 Å². The summed E-state index contributed by atoms with van der Waals surface area (Å²) in [6, 6.07) is 3.38. The second-order valence-corrected chi connectivity index (χ2v) is 3.77. The Bertz CT molecular complexity index is 546. The number of hydrogen-bond acceptors (Lipinski definition) is 5. The van der Waals surface area contributed by atoms with Crippen LogP contribution in [0.25, 0.3) is 11.2 Å². The summed E-state index contributed by atoms with van der Waals surface area (Å²) < 4.78 is 6.36. The lowest BCUT2D eigenvalue weighted by molar-refractivity contribution is 0.150. The molecule has 0 aliphatic heterocycles. The lowest BCUT2D eigenvalue weighted by Gasteiger charge is -2.10. The van der Waals surface area contributed by atoms with Crippen molar-refractivity contribution in [3.63, 3.8) is 0 Å². The van der Waals surface area contributed by atoms with Crippen molar-refractivity contribution in [1.82, 2.24) is 14.9 Å². The van der Waals surface area contributed by atoms with Crippen molar-refractivity contribution in [3.05, 3.63) is 28.9 Å². The molecule has 0 fully saturated rings. The lowest BCUT2D eigenvalue weighted by Crippen LogP contribution is -2.32. The van der Waals surface area contributed by atoms with Gasteiger partial charge in [0.25, 0.3) is 0 Å². The van der Waals surface area contributed by atoms with E-state index in [1.165, 1.54) is 4.57 Å². The van der Waals surface area contributed by atoms with Crippen molar-refractivity contribution < 1.29 is 9.52 Å². The molecule has 92 valence electrons. The fourth-order valence-corrected chi connectivity index (χ4v) is 1.65. The molecule has 0 saturated heterocycles. The number of aliphatic hydroxyl groups excluding tert-OH is 1. The van der Waals surface area contributed by atoms with Crippen LogP contribution in [0.2, 0.25) is 0 Å². The smallest absolute Gasteiger partial charge is 0.406 e. The number of oxazole rings is 1. The summed E-state index contributed by atoms with van der Waals surface area (Å²) in [5.41, 5.74) is 0.904. The van der Waals surface area contributed by atoms with E-state index in [1.54, 1.807) is 18.3 Å². The predicted molar refractivity (Wildman–Crippen MR) is 62.8 cm³/mol. The van der Waals surface area contributed by atoms with E-state index in [1.807, 2.05) is 6.92 Å². The van der Waals surface area contributed by atoms with Gasteiger partial charge in [0, 0.05) is 12.7 Å². The van der Waals surface area contributed by atoms with Crippen LogP contribution < -0.4 is 11.1 Å². The molecule has 2 heterocycles. The van der Waals surface area contributed by atoms with E-state index < -0.39 is 11.9 Å². The Morgan fingerprint density at radius 3 is 3.24 bits per heavy atom. The Morgan fingerprint density at radius 2 is 2.47 bits per heavy atom. The number of hydrogen-bond donors (Lipinski definition) is 2. The van der Waals surface area contributed by atoms with E-state index in [0.29, 0.717) is 17.8 Å². The first-order chi connectivity index (χ1) is 8.22. The van der Waals surface area contributed by atoms with E-state index in [4.69, 9.17) is 4.42 Å². The van der Waals surface area contributed by atoms with Gasteiger partial charge in [-0.1, -0.05) is 6.92 Å². The van der Waals surface area contributed by atoms with Crippen LogP contribution in [0.3, 0.4) is 0 Å². The molecule has 17 heavy (non-hydrogen) atoms. The van der Waals surface area contributed by atoms with Crippen LogP contribution in [0.4, 0.5) is 0 Å². The third-order valence-corrected chi connectivity index (χ3v) is 2.45. The molecular formula is C11H15N3O3. The van der Waals surface area contributed by atoms with Crippen molar-refractivity contribution in [1.29, 1.82) is 0 Å². The number of aliphatic hydroxyl groups is 1. The van der Waals surface area contributed by atoms with Crippen molar-refractivity contribution in [2.24, 2.45) is 0 Å². The molecule has 0 radical (unpaired) electrons. The van der Waals surface area contributed by atoms with E-state index in [9.17, 15) is 9.90 Å². The molecule has 0 aliphatic carbocycles. The molecular weight excluding hydrogens is 222 g/mol. The summed E-state index contributed by atoms with van der Waals surface area (Å²) in [6.07, 6.45) is 0.945. The van der Waals surface area contributed by atoms with E-state index in [-0.39, 0.29) is 6.54 Å². The molecule has 0 aliphatic rings. The van der Waals surface area contributed by atoms with E-state index in [2.05, 4.69) is 10.3 Å². The predicted octanol–water partition coefficient (Wildman–Crippen LogP) is -0.0401. The standard InChI is InChI=1S/C11H15N3O3/c1-2-12-6-8(15)7-14-10-9(17-11(14)16)4-3-5-13-10/h3-5,8,12,15H,2,6-7H2,1H3. The molecule has 1 atom stereocenters. The molecule has 2 aromatic rings. The Labute approximate surface area is 97.9 Å². The first-order valence-electron chi connectivity index (χ1n) is 5.55. The van der Waals surface area contributed by atoms with Gasteiger partial charge in [-0.3, -0.25) is 4.57 Å². The number of nitrogens with zero attached hydrogens (tertiary/aromatic N) is 2. The van der Waals surface area contributed by atoms with Crippen LogP contribution in [0, 0.1) is 0 Å². The minimum Gasteiger partial charge on any atom is -0.406 e. The zero-order valence-corrected chi connectivity index (χ0v) is 9.59. The van der Waals surface area contributed by atoms with E-state index in [0.717, 1.165) is 6.54 Å². The lowest BCUT2D eigenvalue weighted by atomic mass is 10.3. The molecule has 6 nitrogen and oxygen atoms in total. The SMILES string of the molecule is CCNCC(O)Cn1c(=O)oc2cccnc21. The van der Waals surface area contributed by atoms with Crippen LogP contribution in [0.5, 0.6) is 0 Å². The van der Waals surface area contributed by atoms with Gasteiger partial charge in [0.1, 0.15) is 0 Å². The average Bonchev–Trinajstić information content (AvgIpc) is 2.64. The number of aromatic nitrogens is 2. The van der Waals surface area contributed by atoms with Crippen molar-refractivity contribution in [2.75, 3.05) is 13.1 Å². The van der Waals surface area contributed by atoms with Crippen molar-refractivity contribution in [3.8, 4) is 0 Å². The minimum absolute atomic E-state index is 0.176. The third kappa shape index (κ3) is 2.54. The van der Waals surface area contributed by atoms with Gasteiger partial charge in [0.15, 0.2) is 11.2 Å². The maximum Gasteiger partial charge on any atom is 0.421 e. The Kier molecular flexibility index (Phi) is 3.55. The van der Waals surface area contributed by atoms with Gasteiger partial charge in [-0.2, -0.15) is 0 Å². The molecule has 6 heteroatoms. The van der Waals surface area contributed by atoms with Gasteiger partial charge in [0.05, 0.1) is 12.6 Å². The van der Waals surface area contributed by atoms with Gasteiger partial charge in [-0.25, -0.2) is 9.78 Å². The Hall–Kier alpha value is -1.66. The highest BCUT2D eigenvalue weighted by molar-refractivity contribution is 5.67. The maximum absolute atomic E-state index is 11.6. The van der Waals surface area contributed by atoms with Gasteiger partial charge in [0.2, 0.25) is 0 Å². The molecule has 0 saturated carbocycles. The summed E-state index contributed by atoms with van der Waals surface area (Å²) in [5, 5.41) is 12.8. The fourth-order valence-electron chi connectivity index (χ4n) is 1.65. The highest BCUT2D eigenvalue weighted by Crippen LogP contribution is 2.08. The Morgan fingerprint density at radius 1 is 1.65 bits per heavy atom. The van der Waals surface area contributed by atoms with Gasteiger partial charge in [-0.05, 0) is 18.7 Å². The zero-order valence-electron chi connectivity index (χ0n) is 9.59. The minimum atomic E-state index is -0.643. The van der Waals surface area contributed by atoms with Crippen molar-refractivity contribution >= 4 is 11.2 Å². The highest BCUT2D eigenvalue weighted by Gasteiger charge is 2.13. The molecule has 2 N–H and O–H groups in total. The molecule has 2 aromatic heterocycles. The van der Waals surface area contributed by atoms with Crippen molar-refractivity contribution in [2.45, 2.75) is 19.6 Å². The monoisotopic (exact) mass is 237 g/mol. The molecule has 2 rings (SSSR count). The maximum atomic E-state index is 11.6. The average molecular weight is 237 g/mol. The first-order valence-corrected chi connectivity index (χ1v) is 5.55. The van der Waals surface area contributed by atoms with Crippen LogP contribution in [-0.2, 0) is 6.54 Å². The molecule has 0 amide bonds. The van der Waals surface area contributed by atoms with Gasteiger partial charge < -0.3 is 14.8 Å². The van der Waals surface area contributed by atoms with Gasteiger partial charge in [-0.15, -0.1) is 0 Å². The normalized spacial score (nSPS) is 13.1. The van der Waals surface area contributed by atoms with Crippen LogP contribution >= 0.6 is 0 Å². The first kappa shape index (κ1) is 11.8. The van der Waals surface area contributed by atoms with Crippen LogP contribution in [0.15, 0.2) is 27.5 Å². The molecule has 1 unspecified atom stereocenters. The number of nitrogens with one attached hydrogen (secondary N) is 1. The van der Waals surface area contributed by atoms with Crippen LogP contribution in [-0.4, -0.2) is 33.9 Å². The second kappa shape index (κ2) is 5.11. The molecule has 0 spiro atoms. The number of likely N-dealkylation sites (N-methyl/N-ethyl adjacent to an activating group) is 1. The Balaban J connectivity index is 2.23. The van der Waals surface area contributed by atoms with E-state index >= 15 is 0 Å². The molecule has 0 aromatic carbocycles. The third-order valence-electron chi connectivity index (χ3n) is 2.45. The van der Waals surface area contributed by atoms with Gasteiger partial charge >= 0.3 is 5.76 Å². The highest BCUT2D eigenvalue weighted by atomic mass is 16.4. The topological polar surface area (TPSA) is 80.3 Å². The largest absolute Gasteiger partial charge is 0.421 e. The second-order valence-electron chi connectivity index (χ2n) is 3.77.